The standard InChI is InChI=1S/C21H22N2O2S/c1-4-23(5-2)17-10-8-15(9-11-17)19-13-26-20(22-19)18-12-16(21(24)25)7-6-14(18)3/h6-13H,4-5H2,1-3H3,(H,24,25). The van der Waals surface area contributed by atoms with Crippen LogP contribution in [0.2, 0.25) is 0 Å². The fraction of sp³-hybridized carbons (Fsp3) is 0.238. The molecule has 0 atom stereocenters. The predicted molar refractivity (Wildman–Crippen MR) is 108 cm³/mol. The quantitative estimate of drug-likeness (QED) is 0.640. The van der Waals surface area contributed by atoms with Crippen molar-refractivity contribution in [3.05, 3.63) is 59.0 Å². The Morgan fingerprint density at radius 2 is 1.81 bits per heavy atom. The van der Waals surface area contributed by atoms with Crippen molar-refractivity contribution >= 4 is 23.0 Å². The lowest BCUT2D eigenvalue weighted by Crippen LogP contribution is -2.21. The molecule has 1 heterocycles. The largest absolute Gasteiger partial charge is 0.478 e. The van der Waals surface area contributed by atoms with E-state index in [-0.39, 0.29) is 5.56 Å². The normalized spacial score (nSPS) is 10.7. The molecule has 1 N–H and O–H groups in total. The third-order valence-corrected chi connectivity index (χ3v) is 5.39. The number of carboxylic acid groups (broad SMARTS) is 1. The number of thiazole rings is 1. The van der Waals surface area contributed by atoms with Gasteiger partial charge < -0.3 is 10.0 Å². The SMILES string of the molecule is CCN(CC)c1ccc(-c2csc(-c3cc(C(=O)O)ccc3C)n2)cc1. The number of rotatable bonds is 6. The molecule has 0 saturated heterocycles. The summed E-state index contributed by atoms with van der Waals surface area (Å²) in [7, 11) is 0. The molecule has 134 valence electrons. The van der Waals surface area contributed by atoms with Crippen molar-refractivity contribution in [2.24, 2.45) is 0 Å². The maximum absolute atomic E-state index is 11.2. The summed E-state index contributed by atoms with van der Waals surface area (Å²) in [4.78, 5) is 18.3. The Labute approximate surface area is 157 Å². The molecular formula is C21H22N2O2S. The Kier molecular flexibility index (Phi) is 5.38. The van der Waals surface area contributed by atoms with Gasteiger partial charge in [0.1, 0.15) is 5.01 Å². The van der Waals surface area contributed by atoms with Crippen LogP contribution in [-0.2, 0) is 0 Å². The first-order valence-electron chi connectivity index (χ1n) is 8.68. The zero-order valence-electron chi connectivity index (χ0n) is 15.2. The lowest BCUT2D eigenvalue weighted by molar-refractivity contribution is 0.0697. The molecule has 0 aliphatic carbocycles. The van der Waals surface area contributed by atoms with E-state index in [0.29, 0.717) is 0 Å². The first kappa shape index (κ1) is 18.1. The van der Waals surface area contributed by atoms with Crippen molar-refractivity contribution in [1.29, 1.82) is 0 Å². The molecule has 2 aromatic carbocycles. The van der Waals surface area contributed by atoms with Crippen LogP contribution in [0.25, 0.3) is 21.8 Å². The van der Waals surface area contributed by atoms with E-state index in [9.17, 15) is 9.90 Å². The highest BCUT2D eigenvalue weighted by Gasteiger charge is 2.12. The van der Waals surface area contributed by atoms with Gasteiger partial charge in [0.15, 0.2) is 0 Å². The van der Waals surface area contributed by atoms with E-state index >= 15 is 0 Å². The van der Waals surface area contributed by atoms with E-state index in [2.05, 4.69) is 43.0 Å². The molecule has 0 amide bonds. The molecule has 26 heavy (non-hydrogen) atoms. The number of anilines is 1. The molecule has 0 unspecified atom stereocenters. The van der Waals surface area contributed by atoms with Gasteiger partial charge in [0.2, 0.25) is 0 Å². The van der Waals surface area contributed by atoms with Crippen LogP contribution in [0.4, 0.5) is 5.69 Å². The van der Waals surface area contributed by atoms with Crippen LogP contribution in [0.5, 0.6) is 0 Å². The molecule has 0 fully saturated rings. The summed E-state index contributed by atoms with van der Waals surface area (Å²) in [6, 6.07) is 13.6. The molecule has 0 saturated carbocycles. The van der Waals surface area contributed by atoms with Gasteiger partial charge in [0.05, 0.1) is 11.3 Å². The molecular weight excluding hydrogens is 344 g/mol. The number of hydrogen-bond donors (Lipinski definition) is 1. The van der Waals surface area contributed by atoms with Gasteiger partial charge in [-0.1, -0.05) is 18.2 Å². The number of benzene rings is 2. The summed E-state index contributed by atoms with van der Waals surface area (Å²) in [6.07, 6.45) is 0. The summed E-state index contributed by atoms with van der Waals surface area (Å²) in [5.74, 6) is -0.921. The zero-order chi connectivity index (χ0) is 18.7. The summed E-state index contributed by atoms with van der Waals surface area (Å²) in [5, 5.41) is 12.1. The van der Waals surface area contributed by atoms with E-state index < -0.39 is 5.97 Å². The molecule has 0 spiro atoms. The van der Waals surface area contributed by atoms with E-state index in [1.165, 1.54) is 17.0 Å². The maximum Gasteiger partial charge on any atom is 0.335 e. The highest BCUT2D eigenvalue weighted by Crippen LogP contribution is 2.32. The topological polar surface area (TPSA) is 53.4 Å². The van der Waals surface area contributed by atoms with Gasteiger partial charge in [0, 0.05) is 35.3 Å². The second kappa shape index (κ2) is 7.70. The lowest BCUT2D eigenvalue weighted by Gasteiger charge is -2.20. The van der Waals surface area contributed by atoms with E-state index in [4.69, 9.17) is 4.98 Å². The van der Waals surface area contributed by atoms with Crippen molar-refractivity contribution in [1.82, 2.24) is 4.98 Å². The molecule has 3 rings (SSSR count). The van der Waals surface area contributed by atoms with Crippen LogP contribution in [-0.4, -0.2) is 29.1 Å². The zero-order valence-corrected chi connectivity index (χ0v) is 16.0. The summed E-state index contributed by atoms with van der Waals surface area (Å²) in [5.41, 5.74) is 5.37. The summed E-state index contributed by atoms with van der Waals surface area (Å²) in [6.45, 7) is 8.24. The Morgan fingerprint density at radius 3 is 2.42 bits per heavy atom. The van der Waals surface area contributed by atoms with Gasteiger partial charge in [-0.05, 0) is 50.6 Å². The maximum atomic E-state index is 11.2. The molecule has 4 nitrogen and oxygen atoms in total. The highest BCUT2D eigenvalue weighted by molar-refractivity contribution is 7.13. The van der Waals surface area contributed by atoms with E-state index in [0.717, 1.165) is 40.5 Å². The van der Waals surface area contributed by atoms with Gasteiger partial charge in [-0.3, -0.25) is 0 Å². The number of aromatic nitrogens is 1. The van der Waals surface area contributed by atoms with Crippen LogP contribution in [0, 0.1) is 6.92 Å². The molecule has 5 heteroatoms. The van der Waals surface area contributed by atoms with Gasteiger partial charge in [0.25, 0.3) is 0 Å². The second-order valence-electron chi connectivity index (χ2n) is 6.09. The average Bonchev–Trinajstić information content (AvgIpc) is 3.13. The van der Waals surface area contributed by atoms with Crippen LogP contribution in [0.3, 0.4) is 0 Å². The summed E-state index contributed by atoms with van der Waals surface area (Å²) >= 11 is 1.54. The number of carbonyl (C=O) groups is 1. The van der Waals surface area contributed by atoms with Gasteiger partial charge in [-0.25, -0.2) is 9.78 Å². The monoisotopic (exact) mass is 366 g/mol. The number of nitrogens with zero attached hydrogens (tertiary/aromatic N) is 2. The molecule has 0 bridgehead atoms. The number of aryl methyl sites for hydroxylation is 1. The Bertz CT molecular complexity index is 912. The molecule has 0 radical (unpaired) electrons. The third kappa shape index (κ3) is 3.63. The van der Waals surface area contributed by atoms with Crippen LogP contribution in [0.1, 0.15) is 29.8 Å². The van der Waals surface area contributed by atoms with Crippen molar-refractivity contribution in [3.63, 3.8) is 0 Å². The van der Waals surface area contributed by atoms with Gasteiger partial charge >= 0.3 is 5.97 Å². The fourth-order valence-corrected chi connectivity index (χ4v) is 3.86. The molecule has 0 aliphatic rings. The fourth-order valence-electron chi connectivity index (χ4n) is 2.95. The molecule has 1 aromatic heterocycles. The first-order valence-corrected chi connectivity index (χ1v) is 9.56. The number of carboxylic acids is 1. The predicted octanol–water partition coefficient (Wildman–Crippen LogP) is 5.33. The smallest absolute Gasteiger partial charge is 0.335 e. The van der Waals surface area contributed by atoms with Crippen LogP contribution in [0.15, 0.2) is 47.8 Å². The Hall–Kier alpha value is -2.66. The highest BCUT2D eigenvalue weighted by atomic mass is 32.1. The lowest BCUT2D eigenvalue weighted by atomic mass is 10.1. The summed E-state index contributed by atoms with van der Waals surface area (Å²) < 4.78 is 0. The minimum Gasteiger partial charge on any atom is -0.478 e. The number of aromatic carboxylic acids is 1. The first-order chi connectivity index (χ1) is 12.5. The van der Waals surface area contributed by atoms with Crippen molar-refractivity contribution in [3.8, 4) is 21.8 Å². The Morgan fingerprint density at radius 1 is 1.12 bits per heavy atom. The molecule has 0 aliphatic heterocycles. The molecule has 3 aromatic rings. The van der Waals surface area contributed by atoms with E-state index in [1.807, 2.05) is 18.4 Å². The van der Waals surface area contributed by atoms with Crippen molar-refractivity contribution in [2.45, 2.75) is 20.8 Å². The third-order valence-electron chi connectivity index (χ3n) is 4.51. The second-order valence-corrected chi connectivity index (χ2v) is 6.95. The minimum absolute atomic E-state index is 0.283. The van der Waals surface area contributed by atoms with Gasteiger partial charge in [-0.2, -0.15) is 0 Å². The van der Waals surface area contributed by atoms with Crippen molar-refractivity contribution in [2.75, 3.05) is 18.0 Å². The Balaban J connectivity index is 1.91. The average molecular weight is 366 g/mol. The van der Waals surface area contributed by atoms with Crippen LogP contribution >= 0.6 is 11.3 Å². The minimum atomic E-state index is -0.921. The number of hydrogen-bond acceptors (Lipinski definition) is 4. The van der Waals surface area contributed by atoms with Crippen molar-refractivity contribution < 1.29 is 9.90 Å². The van der Waals surface area contributed by atoms with E-state index in [1.54, 1.807) is 12.1 Å². The van der Waals surface area contributed by atoms with Crippen LogP contribution < -0.4 is 4.90 Å². The van der Waals surface area contributed by atoms with Gasteiger partial charge in [-0.15, -0.1) is 11.3 Å².